The molecular formula is C10H12O2. The topological polar surface area (TPSA) is 26.3 Å². The van der Waals surface area contributed by atoms with Crippen LogP contribution < -0.4 is 0 Å². The van der Waals surface area contributed by atoms with E-state index in [1.807, 2.05) is 0 Å². The van der Waals surface area contributed by atoms with E-state index >= 15 is 0 Å². The Morgan fingerprint density at radius 3 is 2.58 bits per heavy atom. The minimum Gasteiger partial charge on any atom is -0.458 e. The van der Waals surface area contributed by atoms with Crippen molar-refractivity contribution in [3.05, 3.63) is 49.6 Å². The predicted octanol–water partition coefficient (Wildman–Crippen LogP) is 2.01. The Morgan fingerprint density at radius 2 is 2.08 bits per heavy atom. The summed E-state index contributed by atoms with van der Waals surface area (Å²) in [5.41, 5.74) is 0.303. The van der Waals surface area contributed by atoms with Gasteiger partial charge in [-0.1, -0.05) is 38.0 Å². The molecule has 0 aromatic heterocycles. The lowest BCUT2D eigenvalue weighted by Crippen LogP contribution is -2.04. The number of ether oxygens (including phenoxy) is 1. The van der Waals surface area contributed by atoms with Crippen LogP contribution in [0.1, 0.15) is 0 Å². The Morgan fingerprint density at radius 1 is 1.42 bits per heavy atom. The molecule has 0 atom stereocenters. The standard InChI is InChI=1S/C10H12O2/c1-4-6-7-9(3)10(11)12-8-5-2/h4-7H,1-3,8H2. The van der Waals surface area contributed by atoms with Crippen molar-refractivity contribution in [2.75, 3.05) is 6.61 Å². The highest BCUT2D eigenvalue weighted by Crippen LogP contribution is 1.96. The quantitative estimate of drug-likeness (QED) is 0.269. The molecule has 0 heterocycles. The number of hydrogen-bond acceptors (Lipinski definition) is 2. The van der Waals surface area contributed by atoms with Gasteiger partial charge in [0.25, 0.3) is 0 Å². The smallest absolute Gasteiger partial charge is 0.337 e. The van der Waals surface area contributed by atoms with Crippen LogP contribution in [0.2, 0.25) is 0 Å². The molecule has 64 valence electrons. The summed E-state index contributed by atoms with van der Waals surface area (Å²) in [5, 5.41) is 0. The van der Waals surface area contributed by atoms with Crippen LogP contribution in [-0.4, -0.2) is 12.6 Å². The van der Waals surface area contributed by atoms with Crippen LogP contribution in [0.5, 0.6) is 0 Å². The highest BCUT2D eigenvalue weighted by Gasteiger charge is 2.02. The summed E-state index contributed by atoms with van der Waals surface area (Å²) in [7, 11) is 0. The SMILES string of the molecule is C=CC=CC(=C)C(=O)OCC=C. The van der Waals surface area contributed by atoms with Crippen molar-refractivity contribution in [1.29, 1.82) is 0 Å². The van der Waals surface area contributed by atoms with Crippen molar-refractivity contribution >= 4 is 5.97 Å². The third-order valence-corrected chi connectivity index (χ3v) is 1.03. The van der Waals surface area contributed by atoms with Crippen molar-refractivity contribution in [2.24, 2.45) is 0 Å². The molecule has 0 bridgehead atoms. The molecule has 0 saturated carbocycles. The van der Waals surface area contributed by atoms with Crippen LogP contribution in [0.4, 0.5) is 0 Å². The van der Waals surface area contributed by atoms with Crippen LogP contribution in [0.3, 0.4) is 0 Å². The number of hydrogen-bond donors (Lipinski definition) is 0. The molecule has 0 N–H and O–H groups in total. The average molecular weight is 164 g/mol. The van der Waals surface area contributed by atoms with E-state index in [1.54, 1.807) is 18.2 Å². The molecule has 0 saturated heterocycles. The summed E-state index contributed by atoms with van der Waals surface area (Å²) in [6.07, 6.45) is 6.23. The highest BCUT2D eigenvalue weighted by molar-refractivity contribution is 5.90. The minimum absolute atomic E-state index is 0.208. The molecule has 0 aliphatic rings. The van der Waals surface area contributed by atoms with E-state index in [0.29, 0.717) is 5.57 Å². The Balaban J connectivity index is 3.92. The Bertz CT molecular complexity index is 224. The predicted molar refractivity (Wildman–Crippen MR) is 49.6 cm³/mol. The second kappa shape index (κ2) is 6.16. The third-order valence-electron chi connectivity index (χ3n) is 1.03. The van der Waals surface area contributed by atoms with Gasteiger partial charge >= 0.3 is 5.97 Å². The zero-order valence-corrected chi connectivity index (χ0v) is 6.95. The molecule has 0 aliphatic heterocycles. The molecule has 0 amide bonds. The molecule has 2 heteroatoms. The normalized spacial score (nSPS) is 9.33. The van der Waals surface area contributed by atoms with Crippen molar-refractivity contribution in [3.63, 3.8) is 0 Å². The molecule has 0 radical (unpaired) electrons. The van der Waals surface area contributed by atoms with Gasteiger partial charge in [-0.25, -0.2) is 4.79 Å². The van der Waals surface area contributed by atoms with E-state index in [-0.39, 0.29) is 6.61 Å². The van der Waals surface area contributed by atoms with Crippen molar-refractivity contribution < 1.29 is 9.53 Å². The van der Waals surface area contributed by atoms with Crippen molar-refractivity contribution in [3.8, 4) is 0 Å². The van der Waals surface area contributed by atoms with Gasteiger partial charge in [-0.2, -0.15) is 0 Å². The zero-order chi connectivity index (χ0) is 9.40. The summed E-state index contributed by atoms with van der Waals surface area (Å²) < 4.78 is 4.71. The molecule has 0 spiro atoms. The van der Waals surface area contributed by atoms with Crippen LogP contribution in [0.25, 0.3) is 0 Å². The van der Waals surface area contributed by atoms with E-state index in [9.17, 15) is 4.79 Å². The lowest BCUT2D eigenvalue weighted by atomic mass is 10.3. The highest BCUT2D eigenvalue weighted by atomic mass is 16.5. The summed E-state index contributed by atoms with van der Waals surface area (Å²) in [6, 6.07) is 0. The molecule has 0 aromatic rings. The third kappa shape index (κ3) is 4.28. The Kier molecular flexibility index (Phi) is 5.35. The molecule has 0 aliphatic carbocycles. The fourth-order valence-corrected chi connectivity index (χ4v) is 0.480. The van der Waals surface area contributed by atoms with Gasteiger partial charge in [0, 0.05) is 0 Å². The van der Waals surface area contributed by atoms with Gasteiger partial charge < -0.3 is 4.74 Å². The van der Waals surface area contributed by atoms with E-state index < -0.39 is 5.97 Å². The first-order valence-corrected chi connectivity index (χ1v) is 3.48. The monoisotopic (exact) mass is 164 g/mol. The molecular weight excluding hydrogens is 152 g/mol. The van der Waals surface area contributed by atoms with Crippen LogP contribution in [-0.2, 0) is 9.53 Å². The fraction of sp³-hybridized carbons (Fsp3) is 0.100. The molecule has 0 unspecified atom stereocenters. The van der Waals surface area contributed by atoms with Gasteiger partial charge in [0.1, 0.15) is 6.61 Å². The van der Waals surface area contributed by atoms with Crippen LogP contribution in [0, 0.1) is 0 Å². The number of carbonyl (C=O) groups is 1. The lowest BCUT2D eigenvalue weighted by Gasteiger charge is -1.99. The minimum atomic E-state index is -0.437. The molecule has 0 rings (SSSR count). The van der Waals surface area contributed by atoms with Crippen molar-refractivity contribution in [2.45, 2.75) is 0 Å². The van der Waals surface area contributed by atoms with E-state index in [0.717, 1.165) is 0 Å². The summed E-state index contributed by atoms with van der Waals surface area (Å²) in [5.74, 6) is -0.437. The number of carbonyl (C=O) groups excluding carboxylic acids is 1. The first-order valence-electron chi connectivity index (χ1n) is 3.48. The first-order chi connectivity index (χ1) is 5.72. The second-order valence-corrected chi connectivity index (χ2v) is 2.01. The van der Waals surface area contributed by atoms with Gasteiger partial charge in [-0.3, -0.25) is 0 Å². The van der Waals surface area contributed by atoms with Gasteiger partial charge in [0.05, 0.1) is 5.57 Å². The van der Waals surface area contributed by atoms with Crippen LogP contribution >= 0.6 is 0 Å². The van der Waals surface area contributed by atoms with Crippen LogP contribution in [0.15, 0.2) is 49.6 Å². The van der Waals surface area contributed by atoms with Gasteiger partial charge in [0.2, 0.25) is 0 Å². The van der Waals surface area contributed by atoms with E-state index in [1.165, 1.54) is 6.08 Å². The maximum absolute atomic E-state index is 11.0. The Hall–Kier alpha value is -1.57. The van der Waals surface area contributed by atoms with Gasteiger partial charge in [-0.05, 0) is 6.08 Å². The largest absolute Gasteiger partial charge is 0.458 e. The van der Waals surface area contributed by atoms with E-state index in [4.69, 9.17) is 4.74 Å². The number of rotatable bonds is 5. The lowest BCUT2D eigenvalue weighted by molar-refractivity contribution is -0.137. The first kappa shape index (κ1) is 10.4. The maximum atomic E-state index is 11.0. The summed E-state index contributed by atoms with van der Waals surface area (Å²) >= 11 is 0. The molecule has 2 nitrogen and oxygen atoms in total. The average Bonchev–Trinajstić information content (AvgIpc) is 2.10. The maximum Gasteiger partial charge on any atom is 0.337 e. The van der Waals surface area contributed by atoms with Crippen molar-refractivity contribution in [1.82, 2.24) is 0 Å². The number of allylic oxidation sites excluding steroid dienone is 2. The zero-order valence-electron chi connectivity index (χ0n) is 6.95. The second-order valence-electron chi connectivity index (χ2n) is 2.01. The Labute approximate surface area is 72.5 Å². The fourth-order valence-electron chi connectivity index (χ4n) is 0.480. The summed E-state index contributed by atoms with van der Waals surface area (Å²) in [6.45, 7) is 10.6. The molecule has 0 aromatic carbocycles. The molecule has 12 heavy (non-hydrogen) atoms. The summed E-state index contributed by atoms with van der Waals surface area (Å²) in [4.78, 5) is 11.0. The van der Waals surface area contributed by atoms with Gasteiger partial charge in [0.15, 0.2) is 0 Å². The van der Waals surface area contributed by atoms with E-state index in [2.05, 4.69) is 19.7 Å². The molecule has 0 fully saturated rings. The number of esters is 1. The van der Waals surface area contributed by atoms with Gasteiger partial charge in [-0.15, -0.1) is 0 Å².